The molecule has 2 aliphatic rings. The highest BCUT2D eigenvalue weighted by atomic mass is 16.6. The van der Waals surface area contributed by atoms with Gasteiger partial charge in [0.15, 0.2) is 0 Å². The first-order valence-corrected chi connectivity index (χ1v) is 11.0. The Hall–Kier alpha value is -3.35. The highest BCUT2D eigenvalue weighted by Gasteiger charge is 2.45. The summed E-state index contributed by atoms with van der Waals surface area (Å²) in [5.41, 5.74) is 1.85. The third kappa shape index (κ3) is 5.28. The number of hydrogen-bond acceptors (Lipinski definition) is 4. The zero-order chi connectivity index (χ0) is 22.6. The number of carbonyl (C=O) groups is 2. The van der Waals surface area contributed by atoms with Gasteiger partial charge in [-0.15, -0.1) is 4.99 Å². The molecule has 2 aromatic carbocycles. The van der Waals surface area contributed by atoms with E-state index in [2.05, 4.69) is 23.7 Å². The second-order valence-electron chi connectivity index (χ2n) is 9.09. The SMILES string of the molecule is CC1(C)CCC2CN(C(=O)OCc3ccccc3)/C(=N/C(=O)OCc3ccccc3)N2C1. The fourth-order valence-electron chi connectivity index (χ4n) is 4.17. The Labute approximate surface area is 188 Å². The maximum absolute atomic E-state index is 12.9. The highest BCUT2D eigenvalue weighted by Crippen LogP contribution is 2.36. The van der Waals surface area contributed by atoms with Crippen LogP contribution in [-0.4, -0.2) is 47.1 Å². The molecular weight excluding hydrogens is 406 g/mol. The molecule has 4 rings (SSSR count). The van der Waals surface area contributed by atoms with Crippen molar-refractivity contribution in [2.24, 2.45) is 10.4 Å². The van der Waals surface area contributed by atoms with E-state index in [-0.39, 0.29) is 24.7 Å². The largest absolute Gasteiger partial charge is 0.444 e. The van der Waals surface area contributed by atoms with E-state index in [1.165, 1.54) is 4.90 Å². The summed E-state index contributed by atoms with van der Waals surface area (Å²) < 4.78 is 10.9. The van der Waals surface area contributed by atoms with Crippen molar-refractivity contribution in [3.8, 4) is 0 Å². The van der Waals surface area contributed by atoms with Crippen LogP contribution in [0.1, 0.15) is 37.8 Å². The number of hydrogen-bond donors (Lipinski definition) is 0. The predicted molar refractivity (Wildman–Crippen MR) is 121 cm³/mol. The molecule has 2 fully saturated rings. The summed E-state index contributed by atoms with van der Waals surface area (Å²) in [6.07, 6.45) is 0.754. The first-order valence-electron chi connectivity index (χ1n) is 11.0. The van der Waals surface area contributed by atoms with Gasteiger partial charge in [-0.2, -0.15) is 0 Å². The van der Waals surface area contributed by atoms with Gasteiger partial charge in [0.1, 0.15) is 13.2 Å². The number of guanidine groups is 1. The molecule has 0 aromatic heterocycles. The van der Waals surface area contributed by atoms with Crippen LogP contribution >= 0.6 is 0 Å². The van der Waals surface area contributed by atoms with Gasteiger partial charge in [0, 0.05) is 6.54 Å². The molecule has 2 aromatic rings. The monoisotopic (exact) mass is 435 g/mol. The lowest BCUT2D eigenvalue weighted by molar-refractivity contribution is 0.116. The van der Waals surface area contributed by atoms with Gasteiger partial charge in [-0.05, 0) is 29.4 Å². The highest BCUT2D eigenvalue weighted by molar-refractivity contribution is 6.00. The molecule has 0 bridgehead atoms. The van der Waals surface area contributed by atoms with Gasteiger partial charge in [-0.25, -0.2) is 14.5 Å². The molecule has 0 aliphatic carbocycles. The van der Waals surface area contributed by atoms with Gasteiger partial charge < -0.3 is 14.4 Å². The molecular formula is C25H29N3O4. The van der Waals surface area contributed by atoms with Crippen molar-refractivity contribution < 1.29 is 19.1 Å². The van der Waals surface area contributed by atoms with Crippen LogP contribution in [0.3, 0.4) is 0 Å². The summed E-state index contributed by atoms with van der Waals surface area (Å²) in [6, 6.07) is 19.1. The molecule has 32 heavy (non-hydrogen) atoms. The van der Waals surface area contributed by atoms with Crippen molar-refractivity contribution in [2.75, 3.05) is 13.1 Å². The molecule has 2 saturated heterocycles. The lowest BCUT2D eigenvalue weighted by Crippen LogP contribution is -2.47. The minimum absolute atomic E-state index is 0.0646. The third-order valence-electron chi connectivity index (χ3n) is 5.91. The molecule has 1 unspecified atom stereocenters. The van der Waals surface area contributed by atoms with Gasteiger partial charge >= 0.3 is 12.2 Å². The number of rotatable bonds is 4. The first kappa shape index (κ1) is 21.9. The molecule has 0 radical (unpaired) electrons. The van der Waals surface area contributed by atoms with Crippen molar-refractivity contribution >= 4 is 18.1 Å². The first-order chi connectivity index (χ1) is 15.4. The number of amides is 2. The fraction of sp³-hybridized carbons (Fsp3) is 0.400. The van der Waals surface area contributed by atoms with Crippen LogP contribution < -0.4 is 0 Å². The summed E-state index contributed by atoms with van der Waals surface area (Å²) in [7, 11) is 0. The predicted octanol–water partition coefficient (Wildman–Crippen LogP) is 4.82. The summed E-state index contributed by atoms with van der Waals surface area (Å²) in [6.45, 7) is 5.83. The summed E-state index contributed by atoms with van der Waals surface area (Å²) >= 11 is 0. The molecule has 168 valence electrons. The van der Waals surface area contributed by atoms with Gasteiger partial charge in [-0.3, -0.25) is 0 Å². The molecule has 2 heterocycles. The minimum Gasteiger partial charge on any atom is -0.444 e. The molecule has 0 N–H and O–H groups in total. The number of benzene rings is 2. The zero-order valence-corrected chi connectivity index (χ0v) is 18.6. The summed E-state index contributed by atoms with van der Waals surface area (Å²) in [5, 5.41) is 0. The van der Waals surface area contributed by atoms with Gasteiger partial charge in [0.2, 0.25) is 5.96 Å². The molecule has 0 spiro atoms. The average Bonchev–Trinajstić information content (AvgIpc) is 3.14. The Morgan fingerprint density at radius 3 is 2.19 bits per heavy atom. The van der Waals surface area contributed by atoms with E-state index in [0.29, 0.717) is 19.0 Å². The van der Waals surface area contributed by atoms with Crippen LogP contribution in [0.2, 0.25) is 0 Å². The van der Waals surface area contributed by atoms with Gasteiger partial charge in [0.05, 0.1) is 12.6 Å². The van der Waals surface area contributed by atoms with Crippen molar-refractivity contribution in [2.45, 2.75) is 45.9 Å². The third-order valence-corrected chi connectivity index (χ3v) is 5.91. The lowest BCUT2D eigenvalue weighted by atomic mass is 9.82. The number of piperidine rings is 1. The van der Waals surface area contributed by atoms with Gasteiger partial charge in [0.25, 0.3) is 0 Å². The number of carbonyl (C=O) groups excluding carboxylic acids is 2. The molecule has 7 nitrogen and oxygen atoms in total. The lowest BCUT2D eigenvalue weighted by Gasteiger charge is -2.40. The van der Waals surface area contributed by atoms with Crippen LogP contribution in [0.4, 0.5) is 9.59 Å². The number of fused-ring (bicyclic) bond motifs is 1. The fourth-order valence-corrected chi connectivity index (χ4v) is 4.17. The van der Waals surface area contributed by atoms with E-state index in [0.717, 1.165) is 24.0 Å². The number of aliphatic imine (C=N–C) groups is 1. The maximum Gasteiger partial charge on any atom is 0.437 e. The Bertz CT molecular complexity index is 975. The number of ether oxygens (including phenoxy) is 2. The van der Waals surface area contributed by atoms with E-state index < -0.39 is 12.2 Å². The second-order valence-corrected chi connectivity index (χ2v) is 9.09. The average molecular weight is 436 g/mol. The molecule has 7 heteroatoms. The van der Waals surface area contributed by atoms with E-state index in [1.807, 2.05) is 60.7 Å². The summed E-state index contributed by atoms with van der Waals surface area (Å²) in [5.74, 6) is 0.318. The summed E-state index contributed by atoms with van der Waals surface area (Å²) in [4.78, 5) is 33.2. The Balaban J connectivity index is 1.49. The normalized spacial score (nSPS) is 20.7. The van der Waals surface area contributed by atoms with E-state index >= 15 is 0 Å². The number of nitrogens with zero attached hydrogens (tertiary/aromatic N) is 3. The Kier molecular flexibility index (Phi) is 6.44. The van der Waals surface area contributed by atoms with Crippen LogP contribution in [-0.2, 0) is 22.7 Å². The van der Waals surface area contributed by atoms with Gasteiger partial charge in [-0.1, -0.05) is 74.5 Å². The Morgan fingerprint density at radius 2 is 1.56 bits per heavy atom. The zero-order valence-electron chi connectivity index (χ0n) is 18.6. The maximum atomic E-state index is 12.9. The van der Waals surface area contributed by atoms with E-state index in [4.69, 9.17) is 9.47 Å². The quantitative estimate of drug-likeness (QED) is 0.688. The molecule has 1 atom stereocenters. The van der Waals surface area contributed by atoms with Crippen LogP contribution in [0.25, 0.3) is 0 Å². The van der Waals surface area contributed by atoms with Crippen molar-refractivity contribution in [3.63, 3.8) is 0 Å². The van der Waals surface area contributed by atoms with E-state index in [9.17, 15) is 9.59 Å². The van der Waals surface area contributed by atoms with Crippen molar-refractivity contribution in [1.29, 1.82) is 0 Å². The van der Waals surface area contributed by atoms with Crippen LogP contribution in [0.15, 0.2) is 65.7 Å². The van der Waals surface area contributed by atoms with Crippen molar-refractivity contribution in [3.05, 3.63) is 71.8 Å². The molecule has 2 aliphatic heterocycles. The van der Waals surface area contributed by atoms with Crippen molar-refractivity contribution in [1.82, 2.24) is 9.80 Å². The Morgan fingerprint density at radius 1 is 0.969 bits per heavy atom. The molecule has 0 saturated carbocycles. The van der Waals surface area contributed by atoms with Crippen LogP contribution in [0, 0.1) is 5.41 Å². The van der Waals surface area contributed by atoms with Crippen LogP contribution in [0.5, 0.6) is 0 Å². The minimum atomic E-state index is -0.714. The van der Waals surface area contributed by atoms with E-state index in [1.54, 1.807) is 0 Å². The smallest absolute Gasteiger partial charge is 0.437 e. The second kappa shape index (κ2) is 9.42. The standard InChI is InChI=1S/C25H29N3O4/c1-25(2)14-13-21-15-27(24(30)32-17-20-11-7-4-8-12-20)22(28(21)18-25)26-23(29)31-16-19-9-5-3-6-10-19/h3-12,21H,13-18H2,1-2H3/b26-22-. The topological polar surface area (TPSA) is 71.4 Å². The molecule has 2 amide bonds.